The number of para-hydroxylation sites is 1. The minimum atomic E-state index is 1.16. The molecule has 0 bridgehead atoms. The van der Waals surface area contributed by atoms with Crippen LogP contribution in [-0.4, -0.2) is 4.40 Å². The van der Waals surface area contributed by atoms with E-state index in [-0.39, 0.29) is 0 Å². The first kappa shape index (κ1) is 10.7. The van der Waals surface area contributed by atoms with E-state index in [1.165, 1.54) is 38.0 Å². The molecule has 0 aliphatic heterocycles. The summed E-state index contributed by atoms with van der Waals surface area (Å²) in [5, 5.41) is 6.60. The van der Waals surface area contributed by atoms with Crippen molar-refractivity contribution in [2.45, 2.75) is 0 Å². The number of rotatable bonds is 0. The molecule has 1 nitrogen and oxygen atoms in total. The van der Waals surface area contributed by atoms with Gasteiger partial charge in [-0.25, -0.2) is 0 Å². The molecular formula is C18H10BrN. The zero-order valence-corrected chi connectivity index (χ0v) is 12.2. The van der Waals surface area contributed by atoms with Crippen molar-refractivity contribution in [3.05, 3.63) is 65.3 Å². The van der Waals surface area contributed by atoms with E-state index in [4.69, 9.17) is 0 Å². The van der Waals surface area contributed by atoms with Crippen LogP contribution in [0.25, 0.3) is 38.0 Å². The summed E-state index contributed by atoms with van der Waals surface area (Å²) >= 11 is 3.70. The zero-order valence-electron chi connectivity index (χ0n) is 10.6. The fourth-order valence-electron chi connectivity index (χ4n) is 3.37. The number of aromatic nitrogens is 1. The van der Waals surface area contributed by atoms with Crippen molar-refractivity contribution < 1.29 is 0 Å². The van der Waals surface area contributed by atoms with Crippen LogP contribution in [0.3, 0.4) is 0 Å². The third kappa shape index (κ3) is 1.14. The number of halogens is 1. The van der Waals surface area contributed by atoms with Crippen molar-refractivity contribution >= 4 is 53.9 Å². The van der Waals surface area contributed by atoms with Crippen LogP contribution in [-0.2, 0) is 0 Å². The number of hydrogen-bond acceptors (Lipinski definition) is 0. The van der Waals surface area contributed by atoms with Crippen LogP contribution in [0.15, 0.2) is 65.3 Å². The lowest BCUT2D eigenvalue weighted by Gasteiger charge is -2.01. The highest BCUT2D eigenvalue weighted by Crippen LogP contribution is 2.41. The van der Waals surface area contributed by atoms with Gasteiger partial charge in [0.25, 0.3) is 0 Å². The summed E-state index contributed by atoms with van der Waals surface area (Å²) in [7, 11) is 0. The van der Waals surface area contributed by atoms with Crippen molar-refractivity contribution in [1.29, 1.82) is 0 Å². The van der Waals surface area contributed by atoms with Crippen molar-refractivity contribution in [1.82, 2.24) is 4.40 Å². The number of benzene rings is 3. The minimum Gasteiger partial charge on any atom is -0.314 e. The number of fused-ring (bicyclic) bond motifs is 5. The molecule has 0 saturated heterocycles. The Kier molecular flexibility index (Phi) is 1.89. The van der Waals surface area contributed by atoms with Crippen molar-refractivity contribution in [3.63, 3.8) is 0 Å². The Hall–Kier alpha value is -2.06. The van der Waals surface area contributed by atoms with E-state index in [1.54, 1.807) is 0 Å². The van der Waals surface area contributed by atoms with Crippen LogP contribution < -0.4 is 0 Å². The summed E-state index contributed by atoms with van der Waals surface area (Å²) in [5.41, 5.74) is 2.59. The molecule has 0 unspecified atom stereocenters. The quantitative estimate of drug-likeness (QED) is 0.350. The molecule has 0 fully saturated rings. The fourth-order valence-corrected chi connectivity index (χ4v) is 3.88. The standard InChI is InChI=1S/C18H10BrN/c19-15-10-20-16-8-4-3-7-13(16)17-12-6-2-1-5-11(12)9-14(15)18(17)20/h1-10H. The van der Waals surface area contributed by atoms with E-state index < -0.39 is 0 Å². The fraction of sp³-hybridized carbons (Fsp3) is 0. The van der Waals surface area contributed by atoms with Gasteiger partial charge in [0, 0.05) is 26.8 Å². The molecule has 0 atom stereocenters. The predicted octanol–water partition coefficient (Wildman–Crippen LogP) is 5.60. The lowest BCUT2D eigenvalue weighted by Crippen LogP contribution is -1.76. The third-order valence-electron chi connectivity index (χ3n) is 4.20. The van der Waals surface area contributed by atoms with E-state index in [0.29, 0.717) is 0 Å². The Morgan fingerprint density at radius 1 is 0.800 bits per heavy atom. The van der Waals surface area contributed by atoms with E-state index in [9.17, 15) is 0 Å². The lowest BCUT2D eigenvalue weighted by atomic mass is 10.0. The largest absolute Gasteiger partial charge is 0.314 e. The lowest BCUT2D eigenvalue weighted by molar-refractivity contribution is 1.30. The normalized spacial score (nSPS) is 12.2. The first-order valence-corrected chi connectivity index (χ1v) is 7.46. The maximum atomic E-state index is 3.70. The first-order chi connectivity index (χ1) is 9.84. The van der Waals surface area contributed by atoms with Crippen molar-refractivity contribution in [2.75, 3.05) is 0 Å². The molecule has 0 spiro atoms. The van der Waals surface area contributed by atoms with Crippen LogP contribution in [0.5, 0.6) is 0 Å². The molecule has 94 valence electrons. The topological polar surface area (TPSA) is 4.41 Å². The van der Waals surface area contributed by atoms with Crippen molar-refractivity contribution in [2.24, 2.45) is 0 Å². The summed E-state index contributed by atoms with van der Waals surface area (Å²) in [5.74, 6) is 0. The average molecular weight is 320 g/mol. The predicted molar refractivity (Wildman–Crippen MR) is 88.8 cm³/mol. The Bertz CT molecular complexity index is 1090. The first-order valence-electron chi connectivity index (χ1n) is 6.67. The van der Waals surface area contributed by atoms with Gasteiger partial charge >= 0.3 is 0 Å². The van der Waals surface area contributed by atoms with Gasteiger partial charge in [0.15, 0.2) is 0 Å². The van der Waals surface area contributed by atoms with Gasteiger partial charge in [0.05, 0.1) is 11.0 Å². The van der Waals surface area contributed by atoms with Gasteiger partial charge in [-0.15, -0.1) is 0 Å². The highest BCUT2D eigenvalue weighted by atomic mass is 79.9. The van der Waals surface area contributed by atoms with E-state index in [2.05, 4.69) is 81.1 Å². The molecule has 0 aliphatic carbocycles. The summed E-state index contributed by atoms with van der Waals surface area (Å²) in [4.78, 5) is 0. The molecule has 0 N–H and O–H groups in total. The van der Waals surface area contributed by atoms with Crippen LogP contribution in [0.1, 0.15) is 0 Å². The number of nitrogens with zero attached hydrogens (tertiary/aromatic N) is 1. The maximum absolute atomic E-state index is 3.70. The Labute approximate surface area is 123 Å². The summed E-state index contributed by atoms with van der Waals surface area (Å²) in [6.45, 7) is 0. The molecule has 2 heteroatoms. The maximum Gasteiger partial charge on any atom is 0.0626 e. The molecule has 5 aromatic rings. The van der Waals surface area contributed by atoms with Gasteiger partial charge in [-0.3, -0.25) is 0 Å². The second-order valence-corrected chi connectivity index (χ2v) is 6.09. The summed E-state index contributed by atoms with van der Waals surface area (Å²) in [6, 6.07) is 19.5. The van der Waals surface area contributed by atoms with Crippen LogP contribution >= 0.6 is 15.9 Å². The third-order valence-corrected chi connectivity index (χ3v) is 4.83. The van der Waals surface area contributed by atoms with E-state index >= 15 is 0 Å². The van der Waals surface area contributed by atoms with Gasteiger partial charge in [0.2, 0.25) is 0 Å². The van der Waals surface area contributed by atoms with Crippen molar-refractivity contribution in [3.8, 4) is 0 Å². The minimum absolute atomic E-state index is 1.16. The highest BCUT2D eigenvalue weighted by molar-refractivity contribution is 9.10. The van der Waals surface area contributed by atoms with Crippen LogP contribution in [0.2, 0.25) is 0 Å². The molecule has 0 saturated carbocycles. The molecule has 0 aliphatic rings. The van der Waals surface area contributed by atoms with Gasteiger partial charge < -0.3 is 4.40 Å². The molecule has 0 amide bonds. The SMILES string of the molecule is Brc1cn2c3ccccc3c3c4ccccc4cc1c32. The second kappa shape index (κ2) is 3.53. The molecule has 3 aromatic carbocycles. The second-order valence-electron chi connectivity index (χ2n) is 5.23. The van der Waals surface area contributed by atoms with Gasteiger partial charge in [-0.2, -0.15) is 0 Å². The summed E-state index contributed by atoms with van der Waals surface area (Å²) in [6.07, 6.45) is 2.18. The Morgan fingerprint density at radius 3 is 2.45 bits per heavy atom. The smallest absolute Gasteiger partial charge is 0.0626 e. The van der Waals surface area contributed by atoms with E-state index in [1.807, 2.05) is 0 Å². The Balaban J connectivity index is 2.29. The highest BCUT2D eigenvalue weighted by Gasteiger charge is 2.16. The Morgan fingerprint density at radius 2 is 1.55 bits per heavy atom. The molecule has 2 aromatic heterocycles. The van der Waals surface area contributed by atoms with Crippen LogP contribution in [0, 0.1) is 0 Å². The molecule has 2 heterocycles. The van der Waals surface area contributed by atoms with Gasteiger partial charge in [0.1, 0.15) is 0 Å². The molecule has 0 radical (unpaired) electrons. The zero-order chi connectivity index (χ0) is 13.3. The van der Waals surface area contributed by atoms with Gasteiger partial charge in [-0.1, -0.05) is 42.5 Å². The summed E-state index contributed by atoms with van der Waals surface area (Å²) < 4.78 is 3.46. The molecule has 20 heavy (non-hydrogen) atoms. The van der Waals surface area contributed by atoms with Crippen LogP contribution in [0.4, 0.5) is 0 Å². The van der Waals surface area contributed by atoms with Gasteiger partial charge in [-0.05, 0) is 38.8 Å². The number of hydrogen-bond donors (Lipinski definition) is 0. The monoisotopic (exact) mass is 319 g/mol. The molecule has 5 rings (SSSR count). The van der Waals surface area contributed by atoms with E-state index in [0.717, 1.165) is 4.47 Å². The molecular weight excluding hydrogens is 310 g/mol. The average Bonchev–Trinajstić information content (AvgIpc) is 2.98.